The van der Waals surface area contributed by atoms with Crippen LogP contribution in [0.2, 0.25) is 0 Å². The summed E-state index contributed by atoms with van der Waals surface area (Å²) in [5, 5.41) is 7.83. The van der Waals surface area contributed by atoms with E-state index in [2.05, 4.69) is 34.5 Å². The summed E-state index contributed by atoms with van der Waals surface area (Å²) in [4.78, 5) is 10.1. The molecule has 1 aromatic rings. The highest BCUT2D eigenvalue weighted by molar-refractivity contribution is 14.0. The number of hydrogen-bond donors (Lipinski definition) is 2. The SMILES string of the molecule is CN=C(NCCc1sc(C)nc1C)NC(C)COC1CCOC1.I. The molecule has 2 heterocycles. The van der Waals surface area contributed by atoms with Gasteiger partial charge in [-0.15, -0.1) is 35.3 Å². The Morgan fingerprint density at radius 2 is 2.29 bits per heavy atom. The van der Waals surface area contributed by atoms with Crippen LogP contribution in [0, 0.1) is 13.8 Å². The molecular formula is C16H29IN4O2S. The Kier molecular flexibility index (Phi) is 10.1. The van der Waals surface area contributed by atoms with Crippen molar-refractivity contribution in [3.05, 3.63) is 15.6 Å². The van der Waals surface area contributed by atoms with Crippen LogP contribution in [0.1, 0.15) is 28.9 Å². The van der Waals surface area contributed by atoms with E-state index in [1.165, 1.54) is 4.88 Å². The Bertz CT molecular complexity index is 518. The Labute approximate surface area is 165 Å². The standard InChI is InChI=1S/C16H28N4O2S.HI/c1-11(9-22-14-6-8-21-10-14)19-16(17-4)18-7-5-15-12(2)20-13(3)23-15;/h11,14H,5-10H2,1-4H3,(H2,17,18,19);1H. The first-order valence-corrected chi connectivity index (χ1v) is 8.99. The lowest BCUT2D eigenvalue weighted by atomic mass is 10.3. The van der Waals surface area contributed by atoms with E-state index in [1.807, 2.05) is 6.92 Å². The van der Waals surface area contributed by atoms with Gasteiger partial charge >= 0.3 is 0 Å². The number of aryl methyl sites for hydroxylation is 2. The molecule has 1 saturated heterocycles. The van der Waals surface area contributed by atoms with Crippen molar-refractivity contribution in [3.63, 3.8) is 0 Å². The topological polar surface area (TPSA) is 67.8 Å². The maximum absolute atomic E-state index is 5.83. The van der Waals surface area contributed by atoms with Crippen molar-refractivity contribution in [2.24, 2.45) is 4.99 Å². The van der Waals surface area contributed by atoms with Crippen LogP contribution in [-0.4, -0.2) is 56.5 Å². The fourth-order valence-electron chi connectivity index (χ4n) is 2.49. The second kappa shape index (κ2) is 11.2. The molecule has 0 aliphatic carbocycles. The highest BCUT2D eigenvalue weighted by Crippen LogP contribution is 2.17. The number of ether oxygens (including phenoxy) is 2. The van der Waals surface area contributed by atoms with Crippen molar-refractivity contribution in [1.82, 2.24) is 15.6 Å². The van der Waals surface area contributed by atoms with Gasteiger partial charge in [0.1, 0.15) is 0 Å². The number of aromatic nitrogens is 1. The third-order valence-electron chi connectivity index (χ3n) is 3.72. The molecule has 1 aromatic heterocycles. The van der Waals surface area contributed by atoms with Crippen molar-refractivity contribution in [2.75, 3.05) is 33.4 Å². The van der Waals surface area contributed by atoms with Gasteiger partial charge in [0.2, 0.25) is 0 Å². The molecule has 2 rings (SSSR count). The summed E-state index contributed by atoms with van der Waals surface area (Å²) < 4.78 is 11.1. The number of halogens is 1. The summed E-state index contributed by atoms with van der Waals surface area (Å²) in [7, 11) is 1.79. The van der Waals surface area contributed by atoms with Gasteiger partial charge in [-0.05, 0) is 27.2 Å². The molecule has 24 heavy (non-hydrogen) atoms. The van der Waals surface area contributed by atoms with E-state index in [0.29, 0.717) is 13.2 Å². The van der Waals surface area contributed by atoms with Crippen molar-refractivity contribution in [2.45, 2.75) is 45.8 Å². The molecule has 6 nitrogen and oxygen atoms in total. The zero-order valence-corrected chi connectivity index (χ0v) is 18.1. The van der Waals surface area contributed by atoms with Crippen LogP contribution >= 0.6 is 35.3 Å². The van der Waals surface area contributed by atoms with Crippen LogP contribution in [0.5, 0.6) is 0 Å². The highest BCUT2D eigenvalue weighted by Gasteiger charge is 2.17. The smallest absolute Gasteiger partial charge is 0.191 e. The van der Waals surface area contributed by atoms with E-state index in [0.717, 1.165) is 42.7 Å². The lowest BCUT2D eigenvalue weighted by Crippen LogP contribution is -2.45. The van der Waals surface area contributed by atoms with Crippen LogP contribution < -0.4 is 10.6 Å². The number of hydrogen-bond acceptors (Lipinski definition) is 5. The quantitative estimate of drug-likeness (QED) is 0.365. The highest BCUT2D eigenvalue weighted by atomic mass is 127. The second-order valence-corrected chi connectivity index (χ2v) is 7.14. The van der Waals surface area contributed by atoms with Gasteiger partial charge in [-0.2, -0.15) is 0 Å². The fraction of sp³-hybridized carbons (Fsp3) is 0.750. The zero-order chi connectivity index (χ0) is 16.7. The average Bonchev–Trinajstić information content (AvgIpc) is 3.14. The van der Waals surface area contributed by atoms with Gasteiger partial charge in [0.25, 0.3) is 0 Å². The fourth-order valence-corrected chi connectivity index (χ4v) is 3.43. The first-order chi connectivity index (χ1) is 11.1. The minimum Gasteiger partial charge on any atom is -0.379 e. The Morgan fingerprint density at radius 1 is 1.50 bits per heavy atom. The zero-order valence-electron chi connectivity index (χ0n) is 14.9. The molecule has 0 spiro atoms. The minimum absolute atomic E-state index is 0. The number of nitrogens with one attached hydrogen (secondary N) is 2. The molecule has 2 N–H and O–H groups in total. The molecule has 1 fully saturated rings. The summed E-state index contributed by atoms with van der Waals surface area (Å²) in [6.07, 6.45) is 2.20. The third kappa shape index (κ3) is 7.20. The van der Waals surface area contributed by atoms with Gasteiger partial charge in [-0.3, -0.25) is 4.99 Å². The number of thiazole rings is 1. The van der Waals surface area contributed by atoms with Crippen LogP contribution in [0.15, 0.2) is 4.99 Å². The van der Waals surface area contributed by atoms with E-state index in [1.54, 1.807) is 18.4 Å². The van der Waals surface area contributed by atoms with Crippen LogP contribution in [-0.2, 0) is 15.9 Å². The van der Waals surface area contributed by atoms with Gasteiger partial charge < -0.3 is 20.1 Å². The molecule has 0 bridgehead atoms. The Balaban J connectivity index is 0.00000288. The third-order valence-corrected chi connectivity index (χ3v) is 4.85. The van der Waals surface area contributed by atoms with Crippen molar-refractivity contribution >= 4 is 41.3 Å². The summed E-state index contributed by atoms with van der Waals surface area (Å²) in [6, 6.07) is 0.203. The maximum atomic E-state index is 5.83. The molecular weight excluding hydrogens is 439 g/mol. The molecule has 1 aliphatic heterocycles. The van der Waals surface area contributed by atoms with E-state index in [4.69, 9.17) is 9.47 Å². The predicted molar refractivity (Wildman–Crippen MR) is 110 cm³/mol. The number of rotatable bonds is 7. The minimum atomic E-state index is 0. The van der Waals surface area contributed by atoms with Crippen LogP contribution in [0.4, 0.5) is 0 Å². The van der Waals surface area contributed by atoms with Crippen LogP contribution in [0.3, 0.4) is 0 Å². The first kappa shape index (κ1) is 21.6. The molecule has 138 valence electrons. The van der Waals surface area contributed by atoms with Gasteiger partial charge in [0.15, 0.2) is 5.96 Å². The summed E-state index contributed by atoms with van der Waals surface area (Å²) in [6.45, 7) is 9.23. The molecule has 2 unspecified atom stereocenters. The number of nitrogens with zero attached hydrogens (tertiary/aromatic N) is 2. The first-order valence-electron chi connectivity index (χ1n) is 8.18. The van der Waals surface area contributed by atoms with Gasteiger partial charge in [-0.25, -0.2) is 4.98 Å². The van der Waals surface area contributed by atoms with Crippen molar-refractivity contribution in [3.8, 4) is 0 Å². The molecule has 2 atom stereocenters. The largest absolute Gasteiger partial charge is 0.379 e. The predicted octanol–water partition coefficient (Wildman–Crippen LogP) is 2.28. The average molecular weight is 468 g/mol. The molecule has 0 radical (unpaired) electrons. The molecule has 1 aliphatic rings. The van der Waals surface area contributed by atoms with E-state index in [-0.39, 0.29) is 36.1 Å². The number of aliphatic imine (C=N–C) groups is 1. The summed E-state index contributed by atoms with van der Waals surface area (Å²) in [5.41, 5.74) is 1.14. The van der Waals surface area contributed by atoms with Gasteiger partial charge in [0.05, 0.1) is 30.0 Å². The molecule has 0 saturated carbocycles. The molecule has 0 aromatic carbocycles. The Hall–Kier alpha value is -0.450. The number of guanidine groups is 1. The Morgan fingerprint density at radius 3 is 2.88 bits per heavy atom. The van der Waals surface area contributed by atoms with Crippen molar-refractivity contribution in [1.29, 1.82) is 0 Å². The van der Waals surface area contributed by atoms with Gasteiger partial charge in [-0.1, -0.05) is 0 Å². The monoisotopic (exact) mass is 468 g/mol. The van der Waals surface area contributed by atoms with Crippen molar-refractivity contribution < 1.29 is 9.47 Å². The van der Waals surface area contributed by atoms with E-state index >= 15 is 0 Å². The lowest BCUT2D eigenvalue weighted by molar-refractivity contribution is 0.0347. The van der Waals surface area contributed by atoms with E-state index in [9.17, 15) is 0 Å². The maximum Gasteiger partial charge on any atom is 0.191 e. The molecule has 0 amide bonds. The normalized spacial score (nSPS) is 19.0. The summed E-state index contributed by atoms with van der Waals surface area (Å²) in [5.74, 6) is 0.808. The lowest BCUT2D eigenvalue weighted by Gasteiger charge is -2.19. The van der Waals surface area contributed by atoms with E-state index < -0.39 is 0 Å². The second-order valence-electron chi connectivity index (χ2n) is 5.85. The van der Waals surface area contributed by atoms with Crippen LogP contribution in [0.25, 0.3) is 0 Å². The summed E-state index contributed by atoms with van der Waals surface area (Å²) >= 11 is 1.77. The van der Waals surface area contributed by atoms with Gasteiger partial charge in [0, 0.05) is 37.5 Å². The molecule has 8 heteroatoms.